The van der Waals surface area contributed by atoms with Gasteiger partial charge in [-0.05, 0) is 24.8 Å². The Morgan fingerprint density at radius 3 is 2.84 bits per heavy atom. The lowest BCUT2D eigenvalue weighted by Crippen LogP contribution is -2.42. The summed E-state index contributed by atoms with van der Waals surface area (Å²) in [5.41, 5.74) is 7.50. The molecule has 0 radical (unpaired) electrons. The van der Waals surface area contributed by atoms with E-state index in [2.05, 4.69) is 44.5 Å². The molecule has 1 saturated heterocycles. The van der Waals surface area contributed by atoms with Crippen LogP contribution in [0.1, 0.15) is 49.6 Å². The van der Waals surface area contributed by atoms with E-state index in [1.54, 1.807) is 13.2 Å². The van der Waals surface area contributed by atoms with Gasteiger partial charge in [-0.1, -0.05) is 25.1 Å². The molecule has 31 heavy (non-hydrogen) atoms. The second-order valence-electron chi connectivity index (χ2n) is 7.83. The number of piperidine rings is 1. The second-order valence-corrected chi connectivity index (χ2v) is 7.83. The predicted molar refractivity (Wildman–Crippen MR) is 131 cm³/mol. The minimum Gasteiger partial charge on any atom is -0.369 e. The van der Waals surface area contributed by atoms with Crippen molar-refractivity contribution in [3.8, 4) is 0 Å². The van der Waals surface area contributed by atoms with E-state index in [9.17, 15) is 4.79 Å². The first-order valence-corrected chi connectivity index (χ1v) is 10.4. The number of carbonyl (C=O) groups is 1. The molecule has 0 bridgehead atoms. The number of aromatic nitrogens is 2. The van der Waals surface area contributed by atoms with Crippen LogP contribution < -0.4 is 21.3 Å². The molecule has 1 fully saturated rings. The van der Waals surface area contributed by atoms with Gasteiger partial charge in [-0.25, -0.2) is 4.98 Å². The summed E-state index contributed by atoms with van der Waals surface area (Å²) in [6.07, 6.45) is 3.54. The maximum Gasteiger partial charge on any atom is 0.222 e. The van der Waals surface area contributed by atoms with Crippen LogP contribution in [0.2, 0.25) is 0 Å². The van der Waals surface area contributed by atoms with Crippen molar-refractivity contribution >= 4 is 41.7 Å². The van der Waals surface area contributed by atoms with E-state index in [-0.39, 0.29) is 35.8 Å². The number of rotatable bonds is 7. The number of amides is 1. The molecule has 0 aliphatic carbocycles. The standard InChI is InChI=1S/C21H31N7O2.HI/c1-14(2)18-10-17(30-27-18)12-26-21(23-3)25-11-15-6-4-8-24-20(15)28-9-5-7-16(13-28)19(22)29;/h4,6,8,10,14,16H,5,7,9,11-13H2,1-3H3,(H2,22,29)(H2,23,25,26);1H. The van der Waals surface area contributed by atoms with Gasteiger partial charge in [0.05, 0.1) is 18.2 Å². The van der Waals surface area contributed by atoms with Crippen molar-refractivity contribution in [3.05, 3.63) is 41.4 Å². The summed E-state index contributed by atoms with van der Waals surface area (Å²) in [7, 11) is 1.72. The van der Waals surface area contributed by atoms with Gasteiger partial charge in [0.25, 0.3) is 0 Å². The van der Waals surface area contributed by atoms with E-state index in [1.165, 1.54) is 0 Å². The second kappa shape index (κ2) is 11.9. The summed E-state index contributed by atoms with van der Waals surface area (Å²) in [5.74, 6) is 2.24. The molecule has 0 spiro atoms. The van der Waals surface area contributed by atoms with Crippen molar-refractivity contribution in [3.63, 3.8) is 0 Å². The lowest BCUT2D eigenvalue weighted by Gasteiger charge is -2.33. The molecule has 2 aromatic heterocycles. The monoisotopic (exact) mass is 541 g/mol. The van der Waals surface area contributed by atoms with Gasteiger partial charge in [-0.2, -0.15) is 0 Å². The Kier molecular flexibility index (Phi) is 9.53. The smallest absolute Gasteiger partial charge is 0.222 e. The minimum atomic E-state index is -0.243. The summed E-state index contributed by atoms with van der Waals surface area (Å²) in [6, 6.07) is 5.89. The van der Waals surface area contributed by atoms with Gasteiger partial charge in [0.15, 0.2) is 11.7 Å². The zero-order valence-electron chi connectivity index (χ0n) is 18.3. The number of primary amides is 1. The Bertz CT molecular complexity index is 884. The molecular formula is C21H32IN7O2. The molecule has 4 N–H and O–H groups in total. The SMILES string of the molecule is CN=C(NCc1cc(C(C)C)no1)NCc1cccnc1N1CCCC(C(N)=O)C1.I. The van der Waals surface area contributed by atoms with Gasteiger partial charge in [-0.15, -0.1) is 24.0 Å². The molecule has 1 aliphatic rings. The van der Waals surface area contributed by atoms with E-state index < -0.39 is 0 Å². The minimum absolute atomic E-state index is 0. The molecule has 3 heterocycles. The van der Waals surface area contributed by atoms with Gasteiger partial charge in [0, 0.05) is 44.5 Å². The molecule has 1 aliphatic heterocycles. The Balaban J connectivity index is 0.00000341. The van der Waals surface area contributed by atoms with Gasteiger partial charge < -0.3 is 25.8 Å². The molecule has 3 rings (SSSR count). The Morgan fingerprint density at radius 1 is 1.39 bits per heavy atom. The summed E-state index contributed by atoms with van der Waals surface area (Å²) >= 11 is 0. The van der Waals surface area contributed by atoms with Crippen LogP contribution in [0.15, 0.2) is 33.9 Å². The quantitative estimate of drug-likeness (QED) is 0.280. The van der Waals surface area contributed by atoms with Crippen molar-refractivity contribution < 1.29 is 9.32 Å². The van der Waals surface area contributed by atoms with E-state index >= 15 is 0 Å². The third-order valence-corrected chi connectivity index (χ3v) is 5.26. The number of halogens is 1. The third kappa shape index (κ3) is 6.81. The molecule has 1 atom stereocenters. The van der Waals surface area contributed by atoms with E-state index in [0.29, 0.717) is 31.5 Å². The Labute approximate surface area is 200 Å². The van der Waals surface area contributed by atoms with Crippen LogP contribution in [0.4, 0.5) is 5.82 Å². The number of guanidine groups is 1. The largest absolute Gasteiger partial charge is 0.369 e. The summed E-state index contributed by atoms with van der Waals surface area (Å²) in [4.78, 5) is 22.6. The maximum absolute atomic E-state index is 11.6. The summed E-state index contributed by atoms with van der Waals surface area (Å²) in [6.45, 7) is 6.67. The topological polar surface area (TPSA) is 122 Å². The van der Waals surface area contributed by atoms with E-state index in [0.717, 1.165) is 42.2 Å². The highest BCUT2D eigenvalue weighted by Crippen LogP contribution is 2.24. The molecule has 9 nitrogen and oxygen atoms in total. The zero-order chi connectivity index (χ0) is 21.5. The van der Waals surface area contributed by atoms with E-state index in [4.69, 9.17) is 10.3 Å². The average molecular weight is 541 g/mol. The van der Waals surface area contributed by atoms with Crippen LogP contribution in [0.5, 0.6) is 0 Å². The number of nitrogens with one attached hydrogen (secondary N) is 2. The average Bonchev–Trinajstić information content (AvgIpc) is 3.24. The highest BCUT2D eigenvalue weighted by molar-refractivity contribution is 14.0. The first-order chi connectivity index (χ1) is 14.5. The van der Waals surface area contributed by atoms with E-state index in [1.807, 2.05) is 18.2 Å². The predicted octanol–water partition coefficient (Wildman–Crippen LogP) is 2.38. The van der Waals surface area contributed by atoms with Crippen LogP contribution in [-0.2, 0) is 17.9 Å². The number of pyridine rings is 1. The third-order valence-electron chi connectivity index (χ3n) is 5.26. The number of aliphatic imine (C=N–C) groups is 1. The number of nitrogens with zero attached hydrogens (tertiary/aromatic N) is 4. The van der Waals surface area contributed by atoms with Gasteiger partial charge in [0.1, 0.15) is 5.82 Å². The number of carbonyl (C=O) groups excluding carboxylic acids is 1. The number of anilines is 1. The summed E-state index contributed by atoms with van der Waals surface area (Å²) in [5, 5.41) is 10.6. The normalized spacial score (nSPS) is 16.7. The fraction of sp³-hybridized carbons (Fsp3) is 0.524. The number of hydrogen-bond acceptors (Lipinski definition) is 6. The van der Waals surface area contributed by atoms with Crippen LogP contribution >= 0.6 is 24.0 Å². The zero-order valence-corrected chi connectivity index (χ0v) is 20.6. The van der Waals surface area contributed by atoms with Crippen LogP contribution in [0, 0.1) is 5.92 Å². The Hall–Kier alpha value is -2.37. The van der Waals surface area contributed by atoms with Crippen molar-refractivity contribution in [1.82, 2.24) is 20.8 Å². The highest BCUT2D eigenvalue weighted by Gasteiger charge is 2.26. The van der Waals surface area contributed by atoms with Gasteiger partial charge in [0.2, 0.25) is 5.91 Å². The van der Waals surface area contributed by atoms with Crippen molar-refractivity contribution in [2.45, 2.75) is 45.7 Å². The van der Waals surface area contributed by atoms with Crippen molar-refractivity contribution in [2.24, 2.45) is 16.6 Å². The van der Waals surface area contributed by atoms with Crippen LogP contribution in [0.3, 0.4) is 0 Å². The molecule has 0 saturated carbocycles. The summed E-state index contributed by atoms with van der Waals surface area (Å²) < 4.78 is 5.36. The lowest BCUT2D eigenvalue weighted by atomic mass is 9.97. The maximum atomic E-state index is 11.6. The molecule has 1 unspecified atom stereocenters. The molecule has 10 heteroatoms. The number of hydrogen-bond donors (Lipinski definition) is 3. The fourth-order valence-electron chi connectivity index (χ4n) is 3.51. The first-order valence-electron chi connectivity index (χ1n) is 10.4. The molecule has 0 aromatic carbocycles. The first kappa shape index (κ1) is 24.9. The fourth-order valence-corrected chi connectivity index (χ4v) is 3.51. The molecular weight excluding hydrogens is 509 g/mol. The van der Waals surface area contributed by atoms with Crippen molar-refractivity contribution in [1.29, 1.82) is 0 Å². The van der Waals surface area contributed by atoms with Crippen molar-refractivity contribution in [2.75, 3.05) is 25.0 Å². The lowest BCUT2D eigenvalue weighted by molar-refractivity contribution is -0.122. The van der Waals surface area contributed by atoms with Crippen LogP contribution in [-0.4, -0.2) is 42.1 Å². The number of nitrogens with two attached hydrogens (primary N) is 1. The molecule has 1 amide bonds. The molecule has 2 aromatic rings. The van der Waals surface area contributed by atoms with Gasteiger partial charge in [-0.3, -0.25) is 9.79 Å². The molecule has 170 valence electrons. The highest BCUT2D eigenvalue weighted by atomic mass is 127. The Morgan fingerprint density at radius 2 is 2.16 bits per heavy atom. The van der Waals surface area contributed by atoms with Crippen LogP contribution in [0.25, 0.3) is 0 Å². The van der Waals surface area contributed by atoms with Gasteiger partial charge >= 0.3 is 0 Å².